The fourth-order valence-corrected chi connectivity index (χ4v) is 2.84. The fourth-order valence-electron chi connectivity index (χ4n) is 2.84. The molecule has 0 bridgehead atoms. The highest BCUT2D eigenvalue weighted by Crippen LogP contribution is 2.17. The van der Waals surface area contributed by atoms with Crippen LogP contribution in [0.15, 0.2) is 66.7 Å². The Kier molecular flexibility index (Phi) is 6.31. The van der Waals surface area contributed by atoms with E-state index >= 15 is 0 Å². The average Bonchev–Trinajstić information content (AvgIpc) is 2.66. The quantitative estimate of drug-likeness (QED) is 0.634. The molecule has 3 nitrogen and oxygen atoms in total. The molecule has 0 spiro atoms. The standard InChI is InChI=1S/C22H20F3NO2/c23-22(24,25)15-28-14-17-7-5-16(6-8-17)13-26-21(27)12-18-9-10-19-3-1-2-4-20(19)11-18/h1-11H,12-15H2,(H,26,27). The van der Waals surface area contributed by atoms with Crippen LogP contribution in [-0.2, 0) is 29.1 Å². The molecule has 1 N–H and O–H groups in total. The second-order valence-electron chi connectivity index (χ2n) is 6.56. The van der Waals surface area contributed by atoms with Crippen LogP contribution in [0.1, 0.15) is 16.7 Å². The largest absolute Gasteiger partial charge is 0.411 e. The molecule has 3 rings (SSSR count). The van der Waals surface area contributed by atoms with Crippen molar-refractivity contribution in [2.75, 3.05) is 6.61 Å². The SMILES string of the molecule is O=C(Cc1ccc2ccccc2c1)NCc1ccc(COCC(F)(F)F)cc1. The maximum Gasteiger partial charge on any atom is 0.411 e. The smallest absolute Gasteiger partial charge is 0.367 e. The van der Waals surface area contributed by atoms with Gasteiger partial charge in [-0.25, -0.2) is 0 Å². The van der Waals surface area contributed by atoms with Crippen molar-refractivity contribution in [2.45, 2.75) is 25.7 Å². The van der Waals surface area contributed by atoms with E-state index in [1.54, 1.807) is 24.3 Å². The Morgan fingerprint density at radius 2 is 1.50 bits per heavy atom. The fraction of sp³-hybridized carbons (Fsp3) is 0.227. The zero-order valence-corrected chi connectivity index (χ0v) is 15.1. The molecule has 0 aliphatic carbocycles. The lowest BCUT2D eigenvalue weighted by Crippen LogP contribution is -2.24. The van der Waals surface area contributed by atoms with E-state index in [0.717, 1.165) is 21.9 Å². The van der Waals surface area contributed by atoms with Gasteiger partial charge in [-0.3, -0.25) is 4.79 Å². The molecule has 0 fully saturated rings. The summed E-state index contributed by atoms with van der Waals surface area (Å²) in [4.78, 5) is 12.2. The highest BCUT2D eigenvalue weighted by atomic mass is 19.4. The summed E-state index contributed by atoms with van der Waals surface area (Å²) in [7, 11) is 0. The molecule has 6 heteroatoms. The van der Waals surface area contributed by atoms with Crippen LogP contribution in [0.2, 0.25) is 0 Å². The molecule has 28 heavy (non-hydrogen) atoms. The molecule has 0 atom stereocenters. The van der Waals surface area contributed by atoms with Crippen molar-refractivity contribution >= 4 is 16.7 Å². The summed E-state index contributed by atoms with van der Waals surface area (Å²) in [5.74, 6) is -0.0899. The van der Waals surface area contributed by atoms with Gasteiger partial charge in [-0.05, 0) is 27.5 Å². The first kappa shape index (κ1) is 19.9. The minimum Gasteiger partial charge on any atom is -0.367 e. The van der Waals surface area contributed by atoms with E-state index in [1.807, 2.05) is 42.5 Å². The van der Waals surface area contributed by atoms with Gasteiger partial charge in [0.15, 0.2) is 0 Å². The molecule has 3 aromatic rings. The molecule has 1 amide bonds. The first-order valence-corrected chi connectivity index (χ1v) is 8.86. The van der Waals surface area contributed by atoms with Gasteiger partial charge in [-0.2, -0.15) is 13.2 Å². The first-order chi connectivity index (χ1) is 13.4. The van der Waals surface area contributed by atoms with Crippen LogP contribution in [0.3, 0.4) is 0 Å². The molecule has 0 heterocycles. The van der Waals surface area contributed by atoms with Crippen LogP contribution in [0.5, 0.6) is 0 Å². The molecule has 0 radical (unpaired) electrons. The van der Waals surface area contributed by atoms with Gasteiger partial charge in [0, 0.05) is 6.54 Å². The molecule has 3 aromatic carbocycles. The average molecular weight is 387 g/mol. The number of hydrogen-bond acceptors (Lipinski definition) is 2. The van der Waals surface area contributed by atoms with E-state index in [9.17, 15) is 18.0 Å². The van der Waals surface area contributed by atoms with Crippen molar-refractivity contribution in [2.24, 2.45) is 0 Å². The number of carbonyl (C=O) groups excluding carboxylic acids is 1. The van der Waals surface area contributed by atoms with Crippen LogP contribution < -0.4 is 5.32 Å². The number of alkyl halides is 3. The molecule has 0 saturated carbocycles. The number of rotatable bonds is 7. The Morgan fingerprint density at radius 3 is 2.21 bits per heavy atom. The van der Waals surface area contributed by atoms with E-state index in [4.69, 9.17) is 0 Å². The summed E-state index contributed by atoms with van der Waals surface area (Å²) in [6, 6.07) is 20.8. The Morgan fingerprint density at radius 1 is 0.857 bits per heavy atom. The highest BCUT2D eigenvalue weighted by Gasteiger charge is 2.27. The summed E-state index contributed by atoms with van der Waals surface area (Å²) in [5.41, 5.74) is 2.45. The summed E-state index contributed by atoms with van der Waals surface area (Å²) < 4.78 is 40.8. The molecule has 0 aromatic heterocycles. The minimum absolute atomic E-state index is 0.0899. The Balaban J connectivity index is 1.47. The third kappa shape index (κ3) is 6.09. The van der Waals surface area contributed by atoms with Crippen molar-refractivity contribution in [3.8, 4) is 0 Å². The van der Waals surface area contributed by atoms with E-state index in [0.29, 0.717) is 12.1 Å². The Bertz CT molecular complexity index is 936. The highest BCUT2D eigenvalue weighted by molar-refractivity contribution is 5.85. The predicted octanol–water partition coefficient (Wildman–Crippen LogP) is 4.78. The number of nitrogens with one attached hydrogen (secondary N) is 1. The van der Waals surface area contributed by atoms with Gasteiger partial charge >= 0.3 is 6.18 Å². The van der Waals surface area contributed by atoms with Crippen molar-refractivity contribution in [3.05, 3.63) is 83.4 Å². The van der Waals surface area contributed by atoms with Crippen LogP contribution in [-0.4, -0.2) is 18.7 Å². The molecular weight excluding hydrogens is 367 g/mol. The molecule has 0 aliphatic heterocycles. The zero-order chi connectivity index (χ0) is 20.0. The Labute approximate surface area is 161 Å². The van der Waals surface area contributed by atoms with Crippen molar-refractivity contribution in [3.63, 3.8) is 0 Å². The van der Waals surface area contributed by atoms with Crippen LogP contribution in [0.25, 0.3) is 10.8 Å². The van der Waals surface area contributed by atoms with Crippen molar-refractivity contribution in [1.82, 2.24) is 5.32 Å². The summed E-state index contributed by atoms with van der Waals surface area (Å²) in [5, 5.41) is 5.08. The van der Waals surface area contributed by atoms with Gasteiger partial charge in [0.1, 0.15) is 6.61 Å². The lowest BCUT2D eigenvalue weighted by atomic mass is 10.0. The topological polar surface area (TPSA) is 38.3 Å². The van der Waals surface area contributed by atoms with E-state index < -0.39 is 12.8 Å². The third-order valence-electron chi connectivity index (χ3n) is 4.23. The Hall–Kier alpha value is -2.86. The number of ether oxygens (including phenoxy) is 1. The van der Waals surface area contributed by atoms with E-state index in [-0.39, 0.29) is 18.9 Å². The normalized spacial score (nSPS) is 11.5. The predicted molar refractivity (Wildman–Crippen MR) is 102 cm³/mol. The molecule has 0 unspecified atom stereocenters. The van der Waals surface area contributed by atoms with E-state index in [2.05, 4.69) is 10.1 Å². The van der Waals surface area contributed by atoms with Crippen molar-refractivity contribution < 1.29 is 22.7 Å². The van der Waals surface area contributed by atoms with Gasteiger partial charge < -0.3 is 10.1 Å². The molecule has 0 saturated heterocycles. The minimum atomic E-state index is -4.32. The van der Waals surface area contributed by atoms with Gasteiger partial charge in [-0.1, -0.05) is 66.7 Å². The molecule has 0 aliphatic rings. The van der Waals surface area contributed by atoms with Crippen molar-refractivity contribution in [1.29, 1.82) is 0 Å². The first-order valence-electron chi connectivity index (χ1n) is 8.86. The second kappa shape index (κ2) is 8.89. The third-order valence-corrected chi connectivity index (χ3v) is 4.23. The van der Waals surface area contributed by atoms with Gasteiger partial charge in [0.2, 0.25) is 5.91 Å². The number of hydrogen-bond donors (Lipinski definition) is 1. The number of amides is 1. The maximum atomic E-state index is 12.2. The van der Waals surface area contributed by atoms with Crippen LogP contribution in [0.4, 0.5) is 13.2 Å². The van der Waals surface area contributed by atoms with Crippen LogP contribution >= 0.6 is 0 Å². The number of halogens is 3. The van der Waals surface area contributed by atoms with E-state index in [1.165, 1.54) is 0 Å². The zero-order valence-electron chi connectivity index (χ0n) is 15.1. The summed E-state index contributed by atoms with van der Waals surface area (Å²) in [6.45, 7) is -1.01. The summed E-state index contributed by atoms with van der Waals surface area (Å²) in [6.07, 6.45) is -4.04. The maximum absolute atomic E-state index is 12.2. The molecular formula is C22H20F3NO2. The van der Waals surface area contributed by atoms with Gasteiger partial charge in [-0.15, -0.1) is 0 Å². The monoisotopic (exact) mass is 387 g/mol. The van der Waals surface area contributed by atoms with Crippen LogP contribution in [0, 0.1) is 0 Å². The molecule has 146 valence electrons. The number of fused-ring (bicyclic) bond motifs is 1. The lowest BCUT2D eigenvalue weighted by molar-refractivity contribution is -0.176. The second-order valence-corrected chi connectivity index (χ2v) is 6.56. The van der Waals surface area contributed by atoms with Gasteiger partial charge in [0.05, 0.1) is 13.0 Å². The number of carbonyl (C=O) groups is 1. The van der Waals surface area contributed by atoms with Gasteiger partial charge in [0.25, 0.3) is 0 Å². The lowest BCUT2D eigenvalue weighted by Gasteiger charge is -2.09. The number of benzene rings is 3. The summed E-state index contributed by atoms with van der Waals surface area (Å²) >= 11 is 0.